The zero-order valence-electron chi connectivity index (χ0n) is 14.3. The van der Waals surface area contributed by atoms with Crippen molar-refractivity contribution in [3.05, 3.63) is 36.0 Å². The number of benzene rings is 1. The minimum absolute atomic E-state index is 0.0356. The molecule has 6 heteroatoms. The van der Waals surface area contributed by atoms with Crippen LogP contribution in [-0.2, 0) is 22.0 Å². The lowest BCUT2D eigenvalue weighted by Crippen LogP contribution is -2.55. The summed E-state index contributed by atoms with van der Waals surface area (Å²) in [6, 6.07) is 8.02. The van der Waals surface area contributed by atoms with Gasteiger partial charge in [0.15, 0.2) is 0 Å². The highest BCUT2D eigenvalue weighted by molar-refractivity contribution is 7.85. The van der Waals surface area contributed by atoms with Crippen LogP contribution >= 0.6 is 0 Å². The first-order valence-electron chi connectivity index (χ1n) is 8.37. The molecule has 2 N–H and O–H groups in total. The number of carbonyl (C=O) groups is 1. The number of amides is 1. The maximum atomic E-state index is 12.3. The van der Waals surface area contributed by atoms with Crippen molar-refractivity contribution in [1.29, 1.82) is 0 Å². The summed E-state index contributed by atoms with van der Waals surface area (Å²) in [5, 5.41) is 4.17. The standard InChI is InChI=1S/C18H25N3O2S/c1-18(2,21-7-9-24(23)10-8-21)13-20-17(22)11-14-12-19-16-6-4-3-5-15(14)16/h3-6,12,19H,7-11,13H2,1-2H3,(H,20,22). The number of fused-ring (bicyclic) bond motifs is 1. The maximum absolute atomic E-state index is 12.3. The van der Waals surface area contributed by atoms with E-state index in [0.29, 0.717) is 13.0 Å². The van der Waals surface area contributed by atoms with Crippen molar-refractivity contribution in [2.45, 2.75) is 25.8 Å². The zero-order valence-corrected chi connectivity index (χ0v) is 15.1. The predicted octanol–water partition coefficient (Wildman–Crippen LogP) is 1.67. The van der Waals surface area contributed by atoms with Crippen LogP contribution in [0.1, 0.15) is 19.4 Å². The number of hydrogen-bond acceptors (Lipinski definition) is 3. The van der Waals surface area contributed by atoms with E-state index in [0.717, 1.165) is 41.1 Å². The quantitative estimate of drug-likeness (QED) is 0.865. The lowest BCUT2D eigenvalue weighted by Gasteiger charge is -2.40. The topological polar surface area (TPSA) is 65.2 Å². The third-order valence-corrected chi connectivity index (χ3v) is 6.05. The van der Waals surface area contributed by atoms with Crippen LogP contribution in [0.5, 0.6) is 0 Å². The largest absolute Gasteiger partial charge is 0.361 e. The Bertz CT molecular complexity index is 744. The summed E-state index contributed by atoms with van der Waals surface area (Å²) < 4.78 is 11.5. The van der Waals surface area contributed by atoms with Gasteiger partial charge in [-0.1, -0.05) is 18.2 Å². The van der Waals surface area contributed by atoms with E-state index in [-0.39, 0.29) is 11.4 Å². The van der Waals surface area contributed by atoms with Gasteiger partial charge in [-0.3, -0.25) is 13.9 Å². The predicted molar refractivity (Wildman–Crippen MR) is 98.5 cm³/mol. The first-order chi connectivity index (χ1) is 11.5. The number of H-pyrrole nitrogens is 1. The summed E-state index contributed by atoms with van der Waals surface area (Å²) in [6.07, 6.45) is 2.29. The molecule has 3 rings (SSSR count). The van der Waals surface area contributed by atoms with Crippen molar-refractivity contribution < 1.29 is 9.00 Å². The average molecular weight is 347 g/mol. The van der Waals surface area contributed by atoms with Crippen molar-refractivity contribution in [1.82, 2.24) is 15.2 Å². The van der Waals surface area contributed by atoms with Gasteiger partial charge in [0.05, 0.1) is 6.42 Å². The molecule has 1 aromatic carbocycles. The van der Waals surface area contributed by atoms with E-state index in [1.165, 1.54) is 0 Å². The van der Waals surface area contributed by atoms with Gasteiger partial charge in [-0.05, 0) is 25.5 Å². The Kier molecular flexibility index (Phi) is 5.06. The third kappa shape index (κ3) is 3.87. The zero-order chi connectivity index (χ0) is 17.2. The first kappa shape index (κ1) is 17.2. The summed E-state index contributed by atoms with van der Waals surface area (Å²) >= 11 is 0. The second-order valence-electron chi connectivity index (χ2n) is 6.96. The highest BCUT2D eigenvalue weighted by atomic mass is 32.2. The van der Waals surface area contributed by atoms with Crippen LogP contribution in [0.25, 0.3) is 10.9 Å². The Balaban J connectivity index is 1.56. The number of nitrogens with zero attached hydrogens (tertiary/aromatic N) is 1. The third-order valence-electron chi connectivity index (χ3n) is 4.78. The summed E-state index contributed by atoms with van der Waals surface area (Å²) in [4.78, 5) is 17.9. The highest BCUT2D eigenvalue weighted by Gasteiger charge is 2.29. The van der Waals surface area contributed by atoms with Crippen LogP contribution in [0.2, 0.25) is 0 Å². The van der Waals surface area contributed by atoms with E-state index in [9.17, 15) is 9.00 Å². The molecule has 0 atom stereocenters. The minimum atomic E-state index is -0.676. The molecule has 0 aliphatic carbocycles. The monoisotopic (exact) mass is 347 g/mol. The Morgan fingerprint density at radius 1 is 1.29 bits per heavy atom. The van der Waals surface area contributed by atoms with E-state index < -0.39 is 10.8 Å². The fraction of sp³-hybridized carbons (Fsp3) is 0.500. The minimum Gasteiger partial charge on any atom is -0.361 e. The molecule has 1 aliphatic rings. The number of hydrogen-bond donors (Lipinski definition) is 2. The van der Waals surface area contributed by atoms with Gasteiger partial charge in [0.2, 0.25) is 5.91 Å². The van der Waals surface area contributed by atoms with Crippen molar-refractivity contribution in [3.63, 3.8) is 0 Å². The van der Waals surface area contributed by atoms with Gasteiger partial charge in [0.1, 0.15) is 0 Å². The SMILES string of the molecule is CC(C)(CNC(=O)Cc1c[nH]c2ccccc12)N1CCS(=O)CC1. The molecule has 1 amide bonds. The molecule has 5 nitrogen and oxygen atoms in total. The summed E-state index contributed by atoms with van der Waals surface area (Å²) in [7, 11) is -0.676. The van der Waals surface area contributed by atoms with Crippen LogP contribution in [0, 0.1) is 0 Å². The normalized spacial score (nSPS) is 17.2. The van der Waals surface area contributed by atoms with E-state index in [1.54, 1.807) is 0 Å². The molecule has 0 spiro atoms. The average Bonchev–Trinajstić information content (AvgIpc) is 2.97. The lowest BCUT2D eigenvalue weighted by molar-refractivity contribution is -0.121. The molecule has 1 fully saturated rings. The van der Waals surface area contributed by atoms with Crippen LogP contribution in [0.15, 0.2) is 30.5 Å². The molecule has 0 unspecified atom stereocenters. The van der Waals surface area contributed by atoms with Gasteiger partial charge in [-0.2, -0.15) is 0 Å². The lowest BCUT2D eigenvalue weighted by atomic mass is 10.0. The van der Waals surface area contributed by atoms with Crippen molar-refractivity contribution in [2.75, 3.05) is 31.1 Å². The van der Waals surface area contributed by atoms with E-state index in [4.69, 9.17) is 0 Å². The van der Waals surface area contributed by atoms with E-state index in [2.05, 4.69) is 29.0 Å². The number of aromatic nitrogens is 1. The van der Waals surface area contributed by atoms with Crippen molar-refractivity contribution in [2.24, 2.45) is 0 Å². The molecule has 24 heavy (non-hydrogen) atoms. The Morgan fingerprint density at radius 2 is 2.00 bits per heavy atom. The van der Waals surface area contributed by atoms with Crippen LogP contribution in [0.3, 0.4) is 0 Å². The molecular weight excluding hydrogens is 322 g/mol. The molecule has 2 aromatic rings. The molecule has 0 saturated carbocycles. The van der Waals surface area contributed by atoms with Crippen molar-refractivity contribution >= 4 is 27.6 Å². The van der Waals surface area contributed by atoms with E-state index in [1.807, 2.05) is 30.5 Å². The molecule has 1 saturated heterocycles. The molecule has 0 bridgehead atoms. The number of aromatic amines is 1. The number of carbonyl (C=O) groups excluding carboxylic acids is 1. The van der Waals surface area contributed by atoms with Gasteiger partial charge in [-0.15, -0.1) is 0 Å². The number of para-hydroxylation sites is 1. The molecule has 2 heterocycles. The maximum Gasteiger partial charge on any atom is 0.224 e. The highest BCUT2D eigenvalue weighted by Crippen LogP contribution is 2.19. The van der Waals surface area contributed by atoms with E-state index >= 15 is 0 Å². The molecule has 1 aliphatic heterocycles. The van der Waals surface area contributed by atoms with Gasteiger partial charge >= 0.3 is 0 Å². The molecule has 1 aromatic heterocycles. The summed E-state index contributed by atoms with van der Waals surface area (Å²) in [5.74, 6) is 1.49. The molecule has 130 valence electrons. The second kappa shape index (κ2) is 7.07. The first-order valence-corrected chi connectivity index (χ1v) is 9.86. The van der Waals surface area contributed by atoms with Gasteiger partial charge < -0.3 is 10.3 Å². The van der Waals surface area contributed by atoms with Crippen LogP contribution in [-0.4, -0.2) is 56.7 Å². The van der Waals surface area contributed by atoms with Crippen LogP contribution < -0.4 is 5.32 Å². The Hall–Kier alpha value is -1.66. The summed E-state index contributed by atoms with van der Waals surface area (Å²) in [6.45, 7) is 6.52. The van der Waals surface area contributed by atoms with Crippen LogP contribution in [0.4, 0.5) is 0 Å². The smallest absolute Gasteiger partial charge is 0.224 e. The molecular formula is C18H25N3O2S. The Labute approximate surface area is 145 Å². The molecule has 0 radical (unpaired) electrons. The fourth-order valence-corrected chi connectivity index (χ4v) is 4.24. The summed E-state index contributed by atoms with van der Waals surface area (Å²) in [5.41, 5.74) is 1.96. The van der Waals surface area contributed by atoms with Gasteiger partial charge in [0, 0.05) is 64.6 Å². The van der Waals surface area contributed by atoms with Gasteiger partial charge in [0.25, 0.3) is 0 Å². The fourth-order valence-electron chi connectivity index (χ4n) is 3.18. The van der Waals surface area contributed by atoms with Gasteiger partial charge in [-0.25, -0.2) is 0 Å². The Morgan fingerprint density at radius 3 is 2.75 bits per heavy atom. The second-order valence-corrected chi connectivity index (χ2v) is 8.66. The number of nitrogens with one attached hydrogen (secondary N) is 2. The van der Waals surface area contributed by atoms with Crippen molar-refractivity contribution in [3.8, 4) is 0 Å². The number of rotatable bonds is 5.